The minimum Gasteiger partial charge on any atom is -0.496 e. The monoisotopic (exact) mass is 399 g/mol. The van der Waals surface area contributed by atoms with Crippen molar-refractivity contribution in [2.45, 2.75) is 11.5 Å². The Labute approximate surface area is 157 Å². The molecular weight excluding hydrogens is 382 g/mol. The summed E-state index contributed by atoms with van der Waals surface area (Å²) >= 11 is 5.94. The first-order valence-electron chi connectivity index (χ1n) is 7.42. The fourth-order valence-corrected chi connectivity index (χ4v) is 3.26. The van der Waals surface area contributed by atoms with Gasteiger partial charge in [-0.15, -0.1) is 0 Å². The predicted octanol–water partition coefficient (Wildman–Crippen LogP) is 2.89. The van der Waals surface area contributed by atoms with Crippen LogP contribution < -0.4 is 4.74 Å². The molecule has 0 saturated carbocycles. The van der Waals surface area contributed by atoms with Gasteiger partial charge in [0, 0.05) is 17.6 Å². The zero-order valence-electron chi connectivity index (χ0n) is 14.4. The zero-order valence-corrected chi connectivity index (χ0v) is 16.0. The number of methoxy groups -OCH3 is 1. The number of carbonyl (C=O) groups is 1. The van der Waals surface area contributed by atoms with Crippen LogP contribution in [0.25, 0.3) is 0 Å². The smallest absolute Gasteiger partial charge is 0.338 e. The summed E-state index contributed by atoms with van der Waals surface area (Å²) in [6, 6.07) is 10.3. The molecule has 140 valence electrons. The summed E-state index contributed by atoms with van der Waals surface area (Å²) in [7, 11) is 0.249. The van der Waals surface area contributed by atoms with Gasteiger partial charge >= 0.3 is 5.97 Å². The molecule has 0 fully saturated rings. The van der Waals surface area contributed by atoms with Crippen LogP contribution in [0.2, 0.25) is 5.02 Å². The van der Waals surface area contributed by atoms with E-state index in [-0.39, 0.29) is 17.1 Å². The number of benzene rings is 2. The van der Waals surface area contributed by atoms with Crippen molar-refractivity contribution in [1.82, 2.24) is 4.47 Å². The Hall–Kier alpha value is -2.13. The molecule has 0 amide bonds. The van der Waals surface area contributed by atoms with E-state index < -0.39 is 16.0 Å². The molecule has 0 spiro atoms. The van der Waals surface area contributed by atoms with Gasteiger partial charge in [-0.1, -0.05) is 16.1 Å². The molecule has 0 N–H and O–H groups in total. The van der Waals surface area contributed by atoms with E-state index in [4.69, 9.17) is 25.9 Å². The number of rotatable bonds is 7. The van der Waals surface area contributed by atoms with Gasteiger partial charge in [0.15, 0.2) is 0 Å². The van der Waals surface area contributed by atoms with Crippen LogP contribution in [-0.2, 0) is 26.2 Å². The van der Waals surface area contributed by atoms with Gasteiger partial charge < -0.3 is 9.47 Å². The number of hydroxylamine groups is 1. The molecule has 2 aromatic carbocycles. The van der Waals surface area contributed by atoms with E-state index in [1.807, 2.05) is 0 Å². The van der Waals surface area contributed by atoms with E-state index in [1.54, 1.807) is 18.2 Å². The zero-order chi connectivity index (χ0) is 19.3. The van der Waals surface area contributed by atoms with Crippen LogP contribution in [0.4, 0.5) is 0 Å². The molecule has 0 aliphatic heterocycles. The Morgan fingerprint density at radius 3 is 2.35 bits per heavy atom. The maximum Gasteiger partial charge on any atom is 0.338 e. The third-order valence-electron chi connectivity index (χ3n) is 3.58. The lowest BCUT2D eigenvalue weighted by Crippen LogP contribution is -2.25. The lowest BCUT2D eigenvalue weighted by molar-refractivity contribution is -0.0258. The maximum atomic E-state index is 12.2. The van der Waals surface area contributed by atoms with Crippen molar-refractivity contribution in [3.05, 3.63) is 58.6 Å². The van der Waals surface area contributed by atoms with Crippen LogP contribution >= 0.6 is 11.6 Å². The highest BCUT2D eigenvalue weighted by atomic mass is 35.5. The molecule has 0 atom stereocenters. The summed E-state index contributed by atoms with van der Waals surface area (Å²) in [5.74, 6) is -0.0534. The minimum atomic E-state index is -3.77. The van der Waals surface area contributed by atoms with Crippen molar-refractivity contribution in [2.75, 3.05) is 21.3 Å². The van der Waals surface area contributed by atoms with Gasteiger partial charge in [0.1, 0.15) is 12.4 Å². The van der Waals surface area contributed by atoms with Crippen LogP contribution in [0.15, 0.2) is 47.4 Å². The van der Waals surface area contributed by atoms with Crippen LogP contribution in [0, 0.1) is 0 Å². The van der Waals surface area contributed by atoms with Crippen molar-refractivity contribution in [1.29, 1.82) is 0 Å². The molecule has 0 aliphatic rings. The summed E-state index contributed by atoms with van der Waals surface area (Å²) in [6.45, 7) is -0.0327. The molecular formula is C17H18ClNO6S. The van der Waals surface area contributed by atoms with Crippen LogP contribution in [0.3, 0.4) is 0 Å². The molecule has 0 aromatic heterocycles. The number of esters is 1. The Bertz CT molecular complexity index is 883. The molecule has 0 bridgehead atoms. The second-order valence-electron chi connectivity index (χ2n) is 5.15. The Morgan fingerprint density at radius 2 is 1.77 bits per heavy atom. The highest BCUT2D eigenvalue weighted by Crippen LogP contribution is 2.24. The van der Waals surface area contributed by atoms with Gasteiger partial charge in [0.25, 0.3) is 10.0 Å². The number of ether oxygens (including phenoxy) is 2. The van der Waals surface area contributed by atoms with Crippen molar-refractivity contribution >= 4 is 27.6 Å². The second kappa shape index (κ2) is 8.50. The molecule has 26 heavy (non-hydrogen) atoms. The minimum absolute atomic E-state index is 0.00471. The van der Waals surface area contributed by atoms with Gasteiger partial charge in [0.2, 0.25) is 0 Å². The molecule has 9 heteroatoms. The van der Waals surface area contributed by atoms with E-state index in [2.05, 4.69) is 0 Å². The van der Waals surface area contributed by atoms with Gasteiger partial charge in [-0.25, -0.2) is 13.2 Å². The second-order valence-corrected chi connectivity index (χ2v) is 7.53. The molecule has 2 rings (SSSR count). The standard InChI is InChI=1S/C17H18ClNO6S/c1-19(24-3)26(21,22)15-7-4-12(5-8-15)17(20)25-11-13-10-14(18)6-9-16(13)23-2/h4-10H,11H2,1-3H3. The lowest BCUT2D eigenvalue weighted by Gasteiger charge is -2.14. The average Bonchev–Trinajstić information content (AvgIpc) is 2.65. The van der Waals surface area contributed by atoms with E-state index in [0.29, 0.717) is 16.3 Å². The normalized spacial score (nSPS) is 11.4. The summed E-state index contributed by atoms with van der Waals surface area (Å²) in [5.41, 5.74) is 0.833. The summed E-state index contributed by atoms with van der Waals surface area (Å²) in [5, 5.41) is 0.494. The van der Waals surface area contributed by atoms with Crippen LogP contribution in [0.1, 0.15) is 15.9 Å². The summed E-state index contributed by atoms with van der Waals surface area (Å²) < 4.78 is 35.4. The number of hydrogen-bond donors (Lipinski definition) is 0. The van der Waals surface area contributed by atoms with Crippen molar-refractivity contribution in [3.8, 4) is 5.75 Å². The van der Waals surface area contributed by atoms with Crippen LogP contribution in [-0.4, -0.2) is 40.1 Å². The van der Waals surface area contributed by atoms with E-state index in [1.165, 1.54) is 45.5 Å². The first kappa shape index (κ1) is 20.2. The highest BCUT2D eigenvalue weighted by Gasteiger charge is 2.21. The van der Waals surface area contributed by atoms with Gasteiger partial charge in [-0.05, 0) is 42.5 Å². The van der Waals surface area contributed by atoms with Gasteiger partial charge in [-0.2, -0.15) is 0 Å². The third-order valence-corrected chi connectivity index (χ3v) is 5.51. The summed E-state index contributed by atoms with van der Waals surface area (Å²) in [4.78, 5) is 16.9. The number of nitrogens with zero attached hydrogens (tertiary/aromatic N) is 1. The fourth-order valence-electron chi connectivity index (χ4n) is 2.10. The number of halogens is 1. The third kappa shape index (κ3) is 4.53. The van der Waals surface area contributed by atoms with Crippen molar-refractivity contribution < 1.29 is 27.5 Å². The lowest BCUT2D eigenvalue weighted by atomic mass is 10.2. The molecule has 0 aliphatic carbocycles. The number of hydrogen-bond acceptors (Lipinski definition) is 6. The number of sulfonamides is 1. The molecule has 0 heterocycles. The van der Waals surface area contributed by atoms with Gasteiger partial charge in [-0.3, -0.25) is 4.84 Å². The predicted molar refractivity (Wildman–Crippen MR) is 95.5 cm³/mol. The SMILES string of the molecule is COc1ccc(Cl)cc1COC(=O)c1ccc(S(=O)(=O)N(C)OC)cc1. The van der Waals surface area contributed by atoms with Crippen molar-refractivity contribution in [3.63, 3.8) is 0 Å². The Kier molecular flexibility index (Phi) is 6.60. The molecule has 7 nitrogen and oxygen atoms in total. The van der Waals surface area contributed by atoms with E-state index in [0.717, 1.165) is 4.47 Å². The summed E-state index contributed by atoms with van der Waals surface area (Å²) in [6.07, 6.45) is 0. The molecule has 0 unspecified atom stereocenters. The van der Waals surface area contributed by atoms with Crippen LogP contribution in [0.5, 0.6) is 5.75 Å². The fraction of sp³-hybridized carbons (Fsp3) is 0.235. The molecule has 0 saturated heterocycles. The average molecular weight is 400 g/mol. The Balaban J connectivity index is 2.11. The first-order valence-corrected chi connectivity index (χ1v) is 9.24. The van der Waals surface area contributed by atoms with E-state index in [9.17, 15) is 13.2 Å². The van der Waals surface area contributed by atoms with E-state index >= 15 is 0 Å². The van der Waals surface area contributed by atoms with Gasteiger partial charge in [0.05, 0.1) is 24.7 Å². The van der Waals surface area contributed by atoms with Crippen molar-refractivity contribution in [2.24, 2.45) is 0 Å². The topological polar surface area (TPSA) is 82.1 Å². The molecule has 2 aromatic rings. The number of carbonyl (C=O) groups excluding carboxylic acids is 1. The Morgan fingerprint density at radius 1 is 1.12 bits per heavy atom. The quantitative estimate of drug-likeness (QED) is 0.526. The maximum absolute atomic E-state index is 12.2. The molecule has 0 radical (unpaired) electrons. The highest BCUT2D eigenvalue weighted by molar-refractivity contribution is 7.89. The largest absolute Gasteiger partial charge is 0.496 e. The first-order chi connectivity index (χ1) is 12.3.